The highest BCUT2D eigenvalue weighted by Gasteiger charge is 2.37. The lowest BCUT2D eigenvalue weighted by molar-refractivity contribution is -0.0557. The van der Waals surface area contributed by atoms with Crippen LogP contribution >= 0.6 is 0 Å². The van der Waals surface area contributed by atoms with E-state index >= 15 is 0 Å². The molecule has 0 radical (unpaired) electrons. The summed E-state index contributed by atoms with van der Waals surface area (Å²) in [5.41, 5.74) is 8.17. The molecular formula is C27H33N5O3. The van der Waals surface area contributed by atoms with Gasteiger partial charge in [0.25, 0.3) is 0 Å². The Labute approximate surface area is 205 Å². The van der Waals surface area contributed by atoms with Gasteiger partial charge in [0.1, 0.15) is 11.4 Å². The second-order valence-electron chi connectivity index (χ2n) is 9.85. The number of methoxy groups -OCH3 is 1. The summed E-state index contributed by atoms with van der Waals surface area (Å²) in [6.45, 7) is 2.21. The van der Waals surface area contributed by atoms with Crippen LogP contribution in [0.3, 0.4) is 0 Å². The van der Waals surface area contributed by atoms with Crippen LogP contribution in [0.2, 0.25) is 0 Å². The van der Waals surface area contributed by atoms with E-state index in [4.69, 9.17) is 24.4 Å². The molecule has 1 aliphatic carbocycles. The third kappa shape index (κ3) is 4.48. The van der Waals surface area contributed by atoms with Gasteiger partial charge in [-0.3, -0.25) is 10.3 Å². The van der Waals surface area contributed by atoms with Crippen molar-refractivity contribution in [1.82, 2.24) is 20.2 Å². The van der Waals surface area contributed by atoms with Crippen molar-refractivity contribution in [3.63, 3.8) is 0 Å². The molecule has 1 saturated carbocycles. The van der Waals surface area contributed by atoms with Gasteiger partial charge in [-0.1, -0.05) is 31.4 Å². The molecule has 8 nitrogen and oxygen atoms in total. The first-order valence-corrected chi connectivity index (χ1v) is 12.7. The van der Waals surface area contributed by atoms with Crippen molar-refractivity contribution >= 4 is 22.4 Å². The van der Waals surface area contributed by atoms with Gasteiger partial charge in [0.15, 0.2) is 5.65 Å². The molecule has 6 rings (SSSR count). The van der Waals surface area contributed by atoms with Gasteiger partial charge < -0.3 is 14.8 Å². The molecule has 0 unspecified atom stereocenters. The lowest BCUT2D eigenvalue weighted by Crippen LogP contribution is -2.31. The second kappa shape index (κ2) is 9.51. The predicted molar refractivity (Wildman–Crippen MR) is 135 cm³/mol. The molecule has 1 saturated heterocycles. The average molecular weight is 476 g/mol. The highest BCUT2D eigenvalue weighted by atomic mass is 16.7. The zero-order chi connectivity index (χ0) is 23.7. The van der Waals surface area contributed by atoms with Gasteiger partial charge in [-0.15, -0.1) is 0 Å². The summed E-state index contributed by atoms with van der Waals surface area (Å²) < 4.78 is 12.9. The number of aromatic nitrogens is 3. The number of nitrogens with one attached hydrogen (secondary N) is 2. The Morgan fingerprint density at radius 1 is 1.11 bits per heavy atom. The largest absolute Gasteiger partial charge is 0.497 e. The van der Waals surface area contributed by atoms with Gasteiger partial charge in [0, 0.05) is 31.0 Å². The summed E-state index contributed by atoms with van der Waals surface area (Å²) in [5, 5.41) is 9.57. The van der Waals surface area contributed by atoms with E-state index in [0.717, 1.165) is 78.2 Å². The fourth-order valence-corrected chi connectivity index (χ4v) is 5.46. The highest BCUT2D eigenvalue weighted by Crippen LogP contribution is 2.40. The van der Waals surface area contributed by atoms with Crippen molar-refractivity contribution < 1.29 is 14.3 Å². The lowest BCUT2D eigenvalue weighted by Gasteiger charge is -2.29. The molecule has 0 atom stereocenters. The second-order valence-corrected chi connectivity index (χ2v) is 9.85. The van der Waals surface area contributed by atoms with Crippen molar-refractivity contribution in [2.24, 2.45) is 0 Å². The van der Waals surface area contributed by atoms with Crippen LogP contribution in [0.1, 0.15) is 56.1 Å². The van der Waals surface area contributed by atoms with Crippen LogP contribution in [-0.4, -0.2) is 46.7 Å². The van der Waals surface area contributed by atoms with E-state index in [0.29, 0.717) is 12.6 Å². The number of hydrogen-bond donors (Lipinski definition) is 2. The van der Waals surface area contributed by atoms with Crippen molar-refractivity contribution in [2.75, 3.05) is 25.6 Å². The maximum atomic E-state index is 6.16. The minimum absolute atomic E-state index is 0.197. The van der Waals surface area contributed by atoms with Crippen LogP contribution in [-0.2, 0) is 16.1 Å². The Bertz CT molecular complexity index is 1210. The number of ether oxygens (including phenoxy) is 2. The van der Waals surface area contributed by atoms with Gasteiger partial charge >= 0.3 is 0 Å². The van der Waals surface area contributed by atoms with E-state index in [2.05, 4.69) is 29.0 Å². The normalized spacial score (nSPS) is 20.1. The zero-order valence-electron chi connectivity index (χ0n) is 20.3. The van der Waals surface area contributed by atoms with Crippen LogP contribution in [0.25, 0.3) is 16.7 Å². The van der Waals surface area contributed by atoms with Crippen LogP contribution in [0.4, 0.5) is 5.69 Å². The van der Waals surface area contributed by atoms with Crippen molar-refractivity contribution in [2.45, 2.75) is 63.1 Å². The average Bonchev–Trinajstić information content (AvgIpc) is 3.50. The maximum absolute atomic E-state index is 6.16. The Morgan fingerprint density at radius 2 is 1.91 bits per heavy atom. The molecule has 3 aromatic rings. The van der Waals surface area contributed by atoms with E-state index in [9.17, 15) is 0 Å². The molecule has 8 heteroatoms. The molecule has 35 heavy (non-hydrogen) atoms. The first-order valence-electron chi connectivity index (χ1n) is 12.7. The van der Waals surface area contributed by atoms with Crippen LogP contribution in [0, 0.1) is 0 Å². The SMILES string of the molecule is COc1ccc(Cn2ncc3c(NC4CCOCC4)c(C4=CC5(CCCCC5)ON4)cnc32)cc1. The molecule has 184 valence electrons. The quantitative estimate of drug-likeness (QED) is 0.537. The Balaban J connectivity index is 1.37. The van der Waals surface area contributed by atoms with Crippen molar-refractivity contribution in [3.05, 3.63) is 53.9 Å². The molecule has 2 N–H and O–H groups in total. The third-order valence-electron chi connectivity index (χ3n) is 7.49. The Morgan fingerprint density at radius 3 is 2.69 bits per heavy atom. The van der Waals surface area contributed by atoms with Crippen LogP contribution in [0.15, 0.2) is 42.7 Å². The summed E-state index contributed by atoms with van der Waals surface area (Å²) in [5.74, 6) is 0.847. The number of pyridine rings is 1. The molecule has 4 heterocycles. The number of hydrogen-bond acceptors (Lipinski definition) is 7. The van der Waals surface area contributed by atoms with E-state index in [-0.39, 0.29) is 5.60 Å². The summed E-state index contributed by atoms with van der Waals surface area (Å²) in [7, 11) is 1.68. The molecule has 0 amide bonds. The fourth-order valence-electron chi connectivity index (χ4n) is 5.46. The maximum Gasteiger partial charge on any atom is 0.160 e. The van der Waals surface area contributed by atoms with E-state index in [1.807, 2.05) is 29.2 Å². The number of hydroxylamine groups is 1. The molecule has 2 aliphatic heterocycles. The van der Waals surface area contributed by atoms with Gasteiger partial charge in [0.05, 0.1) is 36.6 Å². The smallest absolute Gasteiger partial charge is 0.160 e. The first-order chi connectivity index (χ1) is 17.2. The van der Waals surface area contributed by atoms with Gasteiger partial charge in [-0.25, -0.2) is 9.67 Å². The minimum atomic E-state index is -0.197. The first kappa shape index (κ1) is 22.4. The van der Waals surface area contributed by atoms with E-state index < -0.39 is 0 Å². The van der Waals surface area contributed by atoms with Gasteiger partial charge in [-0.2, -0.15) is 5.10 Å². The number of nitrogens with zero attached hydrogens (tertiary/aromatic N) is 3. The van der Waals surface area contributed by atoms with E-state index in [1.165, 1.54) is 19.3 Å². The van der Waals surface area contributed by atoms with Crippen molar-refractivity contribution in [3.8, 4) is 5.75 Å². The van der Waals surface area contributed by atoms with Gasteiger partial charge in [0.2, 0.25) is 0 Å². The minimum Gasteiger partial charge on any atom is -0.497 e. The van der Waals surface area contributed by atoms with Crippen molar-refractivity contribution in [1.29, 1.82) is 0 Å². The molecule has 3 aliphatic rings. The number of anilines is 1. The number of fused-ring (bicyclic) bond motifs is 1. The molecule has 2 fully saturated rings. The summed E-state index contributed by atoms with van der Waals surface area (Å²) in [4.78, 5) is 11.0. The highest BCUT2D eigenvalue weighted by molar-refractivity contribution is 5.95. The fraction of sp³-hybridized carbons (Fsp3) is 0.481. The lowest BCUT2D eigenvalue weighted by atomic mass is 9.84. The molecular weight excluding hydrogens is 442 g/mol. The predicted octanol–water partition coefficient (Wildman–Crippen LogP) is 4.66. The molecule has 1 aromatic carbocycles. The van der Waals surface area contributed by atoms with E-state index in [1.54, 1.807) is 7.11 Å². The number of rotatable bonds is 6. The summed E-state index contributed by atoms with van der Waals surface area (Å²) in [6.07, 6.45) is 13.9. The Hall–Kier alpha value is -3.10. The summed E-state index contributed by atoms with van der Waals surface area (Å²) >= 11 is 0. The topological polar surface area (TPSA) is 82.5 Å². The van der Waals surface area contributed by atoms with Crippen LogP contribution < -0.4 is 15.5 Å². The Kier molecular flexibility index (Phi) is 6.08. The standard InChI is InChI=1S/C27H33N5O3/c1-33-21-7-5-19(6-8-21)18-32-26-23(17-29-32)25(30-20-9-13-34-14-10-20)22(16-28-26)24-15-27(35-31-24)11-3-2-4-12-27/h5-8,15-17,20,31H,2-4,9-14,18H2,1H3,(H,28,30). The van der Waals surface area contributed by atoms with Gasteiger partial charge in [-0.05, 0) is 49.5 Å². The molecule has 0 bridgehead atoms. The monoisotopic (exact) mass is 475 g/mol. The summed E-state index contributed by atoms with van der Waals surface area (Å²) in [6, 6.07) is 8.44. The van der Waals surface area contributed by atoms with Crippen LogP contribution in [0.5, 0.6) is 5.75 Å². The molecule has 1 spiro atoms. The zero-order valence-corrected chi connectivity index (χ0v) is 20.3. The third-order valence-corrected chi connectivity index (χ3v) is 7.49. The molecule has 2 aromatic heterocycles. The number of benzene rings is 1.